The maximum absolute atomic E-state index is 13.1. The van der Waals surface area contributed by atoms with Gasteiger partial charge in [0.05, 0.1) is 18.5 Å². The van der Waals surface area contributed by atoms with Gasteiger partial charge in [0.25, 0.3) is 0 Å². The van der Waals surface area contributed by atoms with Crippen molar-refractivity contribution in [2.75, 3.05) is 25.5 Å². The quantitative estimate of drug-likeness (QED) is 0.734. The van der Waals surface area contributed by atoms with Crippen LogP contribution < -0.4 is 16.2 Å². The van der Waals surface area contributed by atoms with Crippen molar-refractivity contribution in [2.45, 2.75) is 13.0 Å². The number of carbonyl (C=O) groups excluding carboxylic acids is 2. The Morgan fingerprint density at radius 1 is 1.38 bits per heavy atom. The van der Waals surface area contributed by atoms with Gasteiger partial charge in [0.15, 0.2) is 5.82 Å². The maximum atomic E-state index is 13.1. The number of anilines is 1. The molecule has 8 nitrogen and oxygen atoms in total. The van der Waals surface area contributed by atoms with Gasteiger partial charge >= 0.3 is 0 Å². The normalized spacial score (nSPS) is 19.3. The van der Waals surface area contributed by atoms with E-state index in [0.717, 1.165) is 5.56 Å². The summed E-state index contributed by atoms with van der Waals surface area (Å²) in [6, 6.07) is 7.28. The van der Waals surface area contributed by atoms with Crippen molar-refractivity contribution >= 4 is 17.6 Å². The molecule has 3 rings (SSSR count). The number of benzene rings is 1. The molecule has 0 radical (unpaired) electrons. The van der Waals surface area contributed by atoms with Gasteiger partial charge < -0.3 is 14.7 Å². The third-order valence-electron chi connectivity index (χ3n) is 4.18. The second-order valence-electron chi connectivity index (χ2n) is 6.23. The first-order chi connectivity index (χ1) is 12.4. The molecule has 9 heteroatoms. The monoisotopic (exact) mass is 361 g/mol. The molecule has 1 fully saturated rings. The summed E-state index contributed by atoms with van der Waals surface area (Å²) in [5.41, 5.74) is 6.78. The number of hydrogen-bond acceptors (Lipinski definition) is 6. The highest BCUT2D eigenvalue weighted by molar-refractivity contribution is 5.94. The largest absolute Gasteiger partial charge is 0.360 e. The Bertz CT molecular complexity index is 792. The van der Waals surface area contributed by atoms with Crippen LogP contribution in [-0.2, 0) is 9.59 Å². The van der Waals surface area contributed by atoms with Gasteiger partial charge in [-0.2, -0.15) is 0 Å². The fourth-order valence-electron chi connectivity index (χ4n) is 2.90. The summed E-state index contributed by atoms with van der Waals surface area (Å²) in [6.45, 7) is 2.01. The number of rotatable bonds is 5. The topological polar surface area (TPSA) is 99.5 Å². The van der Waals surface area contributed by atoms with Gasteiger partial charge in [0.2, 0.25) is 11.8 Å². The fraction of sp³-hybridized carbons (Fsp3) is 0.353. The van der Waals surface area contributed by atoms with Crippen LogP contribution in [0, 0.1) is 18.7 Å². The average molecular weight is 361 g/mol. The molecule has 2 aromatic rings. The Hall–Kier alpha value is -2.78. The molecule has 3 N–H and O–H groups in total. The van der Waals surface area contributed by atoms with E-state index in [-0.39, 0.29) is 30.2 Å². The van der Waals surface area contributed by atoms with E-state index in [1.807, 2.05) is 0 Å². The zero-order chi connectivity index (χ0) is 18.7. The number of hydrogen-bond donors (Lipinski definition) is 3. The zero-order valence-electron chi connectivity index (χ0n) is 14.5. The molecular formula is C17H20FN5O3. The Morgan fingerprint density at radius 3 is 2.77 bits per heavy atom. The number of nitrogens with zero attached hydrogens (tertiary/aromatic N) is 2. The van der Waals surface area contributed by atoms with E-state index in [1.54, 1.807) is 32.2 Å². The molecule has 138 valence electrons. The highest BCUT2D eigenvalue weighted by atomic mass is 19.1. The van der Waals surface area contributed by atoms with Crippen molar-refractivity contribution in [2.24, 2.45) is 5.92 Å². The molecule has 1 aromatic heterocycles. The summed E-state index contributed by atoms with van der Waals surface area (Å²) < 4.78 is 18.0. The first-order valence-corrected chi connectivity index (χ1v) is 8.16. The van der Waals surface area contributed by atoms with Crippen LogP contribution in [0.15, 0.2) is 34.9 Å². The first-order valence-electron chi connectivity index (χ1n) is 8.16. The van der Waals surface area contributed by atoms with E-state index in [1.165, 1.54) is 17.0 Å². The van der Waals surface area contributed by atoms with Crippen LogP contribution in [-0.4, -0.2) is 42.0 Å². The van der Waals surface area contributed by atoms with Gasteiger partial charge in [-0.3, -0.25) is 15.0 Å². The van der Waals surface area contributed by atoms with Crippen LogP contribution in [0.3, 0.4) is 0 Å². The van der Waals surface area contributed by atoms with Crippen LogP contribution in [0.5, 0.6) is 0 Å². The molecule has 2 atom stereocenters. The Balaban J connectivity index is 1.61. The van der Waals surface area contributed by atoms with Gasteiger partial charge in [0, 0.05) is 19.7 Å². The van der Waals surface area contributed by atoms with Gasteiger partial charge in [-0.25, -0.2) is 9.82 Å². The molecule has 1 saturated heterocycles. The van der Waals surface area contributed by atoms with E-state index in [9.17, 15) is 14.0 Å². The van der Waals surface area contributed by atoms with Crippen molar-refractivity contribution in [1.29, 1.82) is 0 Å². The standard InChI is InChI=1S/C17H20FN5O3/c1-10-7-14(22-26-10)20-15(24)9-23(2)17(25)13-8-19-21-16(13)11-3-5-12(18)6-4-11/h3-7,13,16,19,21H,8-9H2,1-2H3,(H,20,22,24). The van der Waals surface area contributed by atoms with E-state index < -0.39 is 5.92 Å². The van der Waals surface area contributed by atoms with Crippen molar-refractivity contribution in [3.05, 3.63) is 47.5 Å². The average Bonchev–Trinajstić information content (AvgIpc) is 3.24. The predicted octanol–water partition coefficient (Wildman–Crippen LogP) is 0.984. The minimum atomic E-state index is -0.410. The molecule has 2 amide bonds. The smallest absolute Gasteiger partial charge is 0.245 e. The number of hydrazine groups is 1. The molecule has 1 aliphatic heterocycles. The molecule has 1 aromatic carbocycles. The number of aromatic nitrogens is 1. The van der Waals surface area contributed by atoms with E-state index in [0.29, 0.717) is 18.1 Å². The number of carbonyl (C=O) groups is 2. The van der Waals surface area contributed by atoms with Gasteiger partial charge in [-0.15, -0.1) is 0 Å². The number of nitrogens with one attached hydrogen (secondary N) is 3. The molecule has 2 heterocycles. The Kier molecular flexibility index (Phi) is 5.29. The van der Waals surface area contributed by atoms with Crippen LogP contribution in [0.25, 0.3) is 0 Å². The minimum absolute atomic E-state index is 0.114. The number of aryl methyl sites for hydroxylation is 1. The SMILES string of the molecule is Cc1cc(NC(=O)CN(C)C(=O)C2CNNC2c2ccc(F)cc2)no1. The third-order valence-corrected chi connectivity index (χ3v) is 4.18. The summed E-state index contributed by atoms with van der Waals surface area (Å²) in [7, 11) is 1.57. The predicted molar refractivity (Wildman–Crippen MR) is 91.3 cm³/mol. The lowest BCUT2D eigenvalue weighted by atomic mass is 9.94. The zero-order valence-corrected chi connectivity index (χ0v) is 14.5. The van der Waals surface area contributed by atoms with Crippen molar-refractivity contribution in [3.8, 4) is 0 Å². The van der Waals surface area contributed by atoms with Crippen LogP contribution >= 0.6 is 0 Å². The summed E-state index contributed by atoms with van der Waals surface area (Å²) in [6.07, 6.45) is 0. The van der Waals surface area contributed by atoms with Crippen molar-refractivity contribution in [1.82, 2.24) is 20.9 Å². The molecule has 1 aliphatic rings. The second-order valence-corrected chi connectivity index (χ2v) is 6.23. The lowest BCUT2D eigenvalue weighted by Gasteiger charge is -2.24. The van der Waals surface area contributed by atoms with Crippen molar-refractivity contribution in [3.63, 3.8) is 0 Å². The summed E-state index contributed by atoms with van der Waals surface area (Å²) in [4.78, 5) is 26.2. The van der Waals surface area contributed by atoms with Crippen molar-refractivity contribution < 1.29 is 18.5 Å². The number of amides is 2. The van der Waals surface area contributed by atoms with Gasteiger partial charge in [0.1, 0.15) is 11.6 Å². The molecule has 0 spiro atoms. The molecule has 26 heavy (non-hydrogen) atoms. The molecule has 0 aliphatic carbocycles. The summed E-state index contributed by atoms with van der Waals surface area (Å²) in [5.74, 6) is -0.418. The molecule has 0 bridgehead atoms. The minimum Gasteiger partial charge on any atom is -0.360 e. The van der Waals surface area contributed by atoms with E-state index in [2.05, 4.69) is 21.3 Å². The Morgan fingerprint density at radius 2 is 2.12 bits per heavy atom. The molecule has 0 saturated carbocycles. The summed E-state index contributed by atoms with van der Waals surface area (Å²) in [5, 5.41) is 6.26. The second kappa shape index (κ2) is 7.63. The van der Waals surface area contributed by atoms with E-state index in [4.69, 9.17) is 4.52 Å². The Labute approximate surface area is 149 Å². The maximum Gasteiger partial charge on any atom is 0.245 e. The van der Waals surface area contributed by atoms with Gasteiger partial charge in [-0.05, 0) is 24.6 Å². The van der Waals surface area contributed by atoms with E-state index >= 15 is 0 Å². The van der Waals surface area contributed by atoms with Crippen LogP contribution in [0.1, 0.15) is 17.4 Å². The molecule has 2 unspecified atom stereocenters. The lowest BCUT2D eigenvalue weighted by Crippen LogP contribution is -2.40. The number of halogens is 1. The highest BCUT2D eigenvalue weighted by Gasteiger charge is 2.36. The molecular weight excluding hydrogens is 341 g/mol. The lowest BCUT2D eigenvalue weighted by molar-refractivity contribution is -0.136. The van der Waals surface area contributed by atoms with Gasteiger partial charge in [-0.1, -0.05) is 17.3 Å². The first kappa shape index (κ1) is 18.0. The summed E-state index contributed by atoms with van der Waals surface area (Å²) >= 11 is 0. The van der Waals surface area contributed by atoms with Crippen LogP contribution in [0.2, 0.25) is 0 Å². The highest BCUT2D eigenvalue weighted by Crippen LogP contribution is 2.26. The van der Waals surface area contributed by atoms with Crippen LogP contribution in [0.4, 0.5) is 10.2 Å². The third kappa shape index (κ3) is 4.06. The fourth-order valence-corrected chi connectivity index (χ4v) is 2.90. The number of likely N-dealkylation sites (N-methyl/N-ethyl adjacent to an activating group) is 1.